The van der Waals surface area contributed by atoms with Crippen LogP contribution in [0.4, 0.5) is 0 Å². The summed E-state index contributed by atoms with van der Waals surface area (Å²) in [5, 5.41) is 2.67. The number of thiophene rings is 1. The summed E-state index contributed by atoms with van der Waals surface area (Å²) in [5.41, 5.74) is 6.89. The van der Waals surface area contributed by atoms with E-state index >= 15 is 0 Å². The van der Waals surface area contributed by atoms with Crippen LogP contribution in [0.1, 0.15) is 28.7 Å². The fourth-order valence-corrected chi connectivity index (χ4v) is 3.30. The molecule has 5 nitrogen and oxygen atoms in total. The van der Waals surface area contributed by atoms with Crippen LogP contribution in [0.5, 0.6) is 0 Å². The molecule has 0 fully saturated rings. The SMILES string of the molecule is CCOC(=O)C(N)C(=O)NCc1cc2c(s1)CCC2. The first-order valence-corrected chi connectivity index (χ1v) is 7.24. The molecule has 1 unspecified atom stereocenters. The minimum absolute atomic E-state index is 0.220. The van der Waals surface area contributed by atoms with Crippen molar-refractivity contribution in [2.24, 2.45) is 5.73 Å². The average Bonchev–Trinajstić information content (AvgIpc) is 2.95. The number of rotatable bonds is 5. The van der Waals surface area contributed by atoms with Crippen LogP contribution in [-0.4, -0.2) is 24.5 Å². The Hall–Kier alpha value is -1.40. The highest BCUT2D eigenvalue weighted by atomic mass is 32.1. The maximum absolute atomic E-state index is 11.7. The monoisotopic (exact) mass is 282 g/mol. The Morgan fingerprint density at radius 1 is 1.53 bits per heavy atom. The molecule has 3 N–H and O–H groups in total. The van der Waals surface area contributed by atoms with Crippen LogP contribution in [0.3, 0.4) is 0 Å². The Labute approximate surface area is 116 Å². The molecule has 0 radical (unpaired) electrons. The zero-order valence-corrected chi connectivity index (χ0v) is 11.7. The highest BCUT2D eigenvalue weighted by Crippen LogP contribution is 2.30. The van der Waals surface area contributed by atoms with Crippen molar-refractivity contribution in [2.45, 2.75) is 38.8 Å². The van der Waals surface area contributed by atoms with Crippen molar-refractivity contribution in [1.82, 2.24) is 5.32 Å². The van der Waals surface area contributed by atoms with E-state index in [9.17, 15) is 9.59 Å². The molecule has 6 heteroatoms. The Morgan fingerprint density at radius 3 is 3.00 bits per heavy atom. The summed E-state index contributed by atoms with van der Waals surface area (Å²) in [6, 6.07) is 0.884. The van der Waals surface area contributed by atoms with Crippen LogP contribution in [0, 0.1) is 0 Å². The zero-order chi connectivity index (χ0) is 13.8. The van der Waals surface area contributed by atoms with Gasteiger partial charge in [-0.1, -0.05) is 0 Å². The molecule has 0 bridgehead atoms. The lowest BCUT2D eigenvalue weighted by atomic mass is 10.2. The van der Waals surface area contributed by atoms with Gasteiger partial charge in [-0.25, -0.2) is 4.79 Å². The molecule has 1 amide bonds. The molecular formula is C13H18N2O3S. The van der Waals surface area contributed by atoms with Crippen molar-refractivity contribution in [3.8, 4) is 0 Å². The molecule has 0 saturated heterocycles. The number of ether oxygens (including phenoxy) is 1. The normalized spacial score (nSPS) is 14.8. The minimum Gasteiger partial charge on any atom is -0.464 e. The van der Waals surface area contributed by atoms with Crippen molar-refractivity contribution in [2.75, 3.05) is 6.61 Å². The highest BCUT2D eigenvalue weighted by Gasteiger charge is 2.23. The number of fused-ring (bicyclic) bond motifs is 1. The summed E-state index contributed by atoms with van der Waals surface area (Å²) in [7, 11) is 0. The third-order valence-corrected chi connectivity index (χ3v) is 4.29. The maximum Gasteiger partial charge on any atom is 0.332 e. The molecule has 1 aliphatic rings. The number of nitrogens with two attached hydrogens (primary N) is 1. The molecule has 104 valence electrons. The lowest BCUT2D eigenvalue weighted by Crippen LogP contribution is -2.46. The largest absolute Gasteiger partial charge is 0.464 e. The summed E-state index contributed by atoms with van der Waals surface area (Å²) in [5.74, 6) is -1.18. The van der Waals surface area contributed by atoms with Crippen molar-refractivity contribution in [3.63, 3.8) is 0 Å². The molecule has 1 aromatic rings. The second-order valence-corrected chi connectivity index (χ2v) is 5.68. The van der Waals surface area contributed by atoms with Crippen molar-refractivity contribution >= 4 is 23.2 Å². The van der Waals surface area contributed by atoms with Gasteiger partial charge < -0.3 is 15.8 Å². The van der Waals surface area contributed by atoms with Crippen molar-refractivity contribution in [3.05, 3.63) is 21.4 Å². The first-order valence-electron chi connectivity index (χ1n) is 6.42. The summed E-state index contributed by atoms with van der Waals surface area (Å²) in [4.78, 5) is 25.5. The van der Waals surface area contributed by atoms with E-state index in [1.807, 2.05) is 0 Å². The Balaban J connectivity index is 1.84. The number of aryl methyl sites for hydroxylation is 2. The molecule has 1 atom stereocenters. The first kappa shape index (κ1) is 14.0. The molecular weight excluding hydrogens is 264 g/mol. The fourth-order valence-electron chi connectivity index (χ4n) is 2.10. The first-order chi connectivity index (χ1) is 9.11. The lowest BCUT2D eigenvalue weighted by molar-refractivity contribution is -0.148. The molecule has 1 aliphatic carbocycles. The van der Waals surface area contributed by atoms with Crippen LogP contribution in [0.25, 0.3) is 0 Å². The fraction of sp³-hybridized carbons (Fsp3) is 0.538. The van der Waals surface area contributed by atoms with Gasteiger partial charge in [0, 0.05) is 9.75 Å². The predicted molar refractivity (Wildman–Crippen MR) is 72.8 cm³/mol. The average molecular weight is 282 g/mol. The second kappa shape index (κ2) is 6.16. The van der Waals surface area contributed by atoms with Crippen molar-refractivity contribution in [1.29, 1.82) is 0 Å². The number of esters is 1. The number of amides is 1. The Bertz CT molecular complexity index is 463. The minimum atomic E-state index is -1.24. The van der Waals surface area contributed by atoms with Crippen molar-refractivity contribution < 1.29 is 14.3 Å². The number of hydrogen-bond acceptors (Lipinski definition) is 5. The Morgan fingerprint density at radius 2 is 2.32 bits per heavy atom. The number of carbonyl (C=O) groups is 2. The van der Waals surface area contributed by atoms with E-state index in [2.05, 4.69) is 11.4 Å². The molecule has 1 heterocycles. The van der Waals surface area contributed by atoms with E-state index in [-0.39, 0.29) is 6.61 Å². The standard InChI is InChI=1S/C13H18N2O3S/c1-2-18-13(17)11(14)12(16)15-7-9-6-8-4-3-5-10(8)19-9/h6,11H,2-5,7,14H2,1H3,(H,15,16). The van der Waals surface area contributed by atoms with Crippen LogP contribution in [0.15, 0.2) is 6.07 Å². The number of nitrogens with one attached hydrogen (secondary N) is 1. The summed E-state index contributed by atoms with van der Waals surface area (Å²) in [6.45, 7) is 2.32. The van der Waals surface area contributed by atoms with Gasteiger partial charge in [0.15, 0.2) is 6.04 Å². The van der Waals surface area contributed by atoms with Gasteiger partial charge in [0.1, 0.15) is 0 Å². The quantitative estimate of drug-likeness (QED) is 0.616. The second-order valence-electron chi connectivity index (χ2n) is 4.46. The molecule has 0 aliphatic heterocycles. The van der Waals surface area contributed by atoms with Gasteiger partial charge in [-0.2, -0.15) is 0 Å². The Kier molecular flexibility index (Phi) is 4.55. The van der Waals surface area contributed by atoms with Gasteiger partial charge in [-0.05, 0) is 37.8 Å². The van der Waals surface area contributed by atoms with Gasteiger partial charge in [0.2, 0.25) is 5.91 Å². The van der Waals surface area contributed by atoms with Crippen LogP contribution >= 0.6 is 11.3 Å². The maximum atomic E-state index is 11.7. The van der Waals surface area contributed by atoms with Crippen LogP contribution < -0.4 is 11.1 Å². The van der Waals surface area contributed by atoms with Gasteiger partial charge in [0.05, 0.1) is 13.2 Å². The highest BCUT2D eigenvalue weighted by molar-refractivity contribution is 7.12. The molecule has 0 aromatic carbocycles. The van der Waals surface area contributed by atoms with E-state index in [0.717, 1.165) is 17.7 Å². The molecule has 1 aromatic heterocycles. The van der Waals surface area contributed by atoms with E-state index in [0.29, 0.717) is 6.54 Å². The third kappa shape index (κ3) is 3.33. The molecule has 0 spiro atoms. The van der Waals surface area contributed by atoms with E-state index in [4.69, 9.17) is 10.5 Å². The van der Waals surface area contributed by atoms with Crippen LogP contribution in [-0.2, 0) is 33.7 Å². The lowest BCUT2D eigenvalue weighted by Gasteiger charge is -2.10. The van der Waals surface area contributed by atoms with Gasteiger partial charge in [0.25, 0.3) is 0 Å². The summed E-state index contributed by atoms with van der Waals surface area (Å²) >= 11 is 1.72. The zero-order valence-electron chi connectivity index (χ0n) is 10.9. The summed E-state index contributed by atoms with van der Waals surface area (Å²) < 4.78 is 4.70. The number of carbonyl (C=O) groups excluding carboxylic acids is 2. The molecule has 2 rings (SSSR count). The van der Waals surface area contributed by atoms with Gasteiger partial charge in [-0.15, -0.1) is 11.3 Å². The van der Waals surface area contributed by atoms with Gasteiger partial charge >= 0.3 is 5.97 Å². The molecule has 0 saturated carbocycles. The van der Waals surface area contributed by atoms with E-state index in [1.54, 1.807) is 18.3 Å². The molecule has 19 heavy (non-hydrogen) atoms. The van der Waals surface area contributed by atoms with E-state index < -0.39 is 17.9 Å². The van der Waals surface area contributed by atoms with Crippen LogP contribution in [0.2, 0.25) is 0 Å². The number of hydrogen-bond donors (Lipinski definition) is 2. The topological polar surface area (TPSA) is 81.4 Å². The predicted octanol–water partition coefficient (Wildman–Crippen LogP) is 0.743. The smallest absolute Gasteiger partial charge is 0.332 e. The third-order valence-electron chi connectivity index (χ3n) is 3.06. The van der Waals surface area contributed by atoms with Gasteiger partial charge in [-0.3, -0.25) is 4.79 Å². The van der Waals surface area contributed by atoms with E-state index in [1.165, 1.54) is 16.9 Å². The summed E-state index contributed by atoms with van der Waals surface area (Å²) in [6.07, 6.45) is 3.49.